The van der Waals surface area contributed by atoms with Crippen LogP contribution in [-0.4, -0.2) is 9.55 Å². The summed E-state index contributed by atoms with van der Waals surface area (Å²) in [6.45, 7) is 1.78. The van der Waals surface area contributed by atoms with Crippen LogP contribution in [-0.2, 0) is 6.18 Å². The molecule has 1 heterocycles. The van der Waals surface area contributed by atoms with Gasteiger partial charge < -0.3 is 9.72 Å². The molecule has 0 aliphatic rings. The predicted octanol–water partition coefficient (Wildman–Crippen LogP) is 4.28. The van der Waals surface area contributed by atoms with Gasteiger partial charge in [-0.1, -0.05) is 18.2 Å². The molecule has 29 heavy (non-hydrogen) atoms. The lowest BCUT2D eigenvalue weighted by molar-refractivity contribution is -0.141. The molecule has 2 aromatic carbocycles. The number of nitrogens with one attached hydrogen (secondary N) is 1. The number of aromatic nitrogens is 2. The minimum Gasteiger partial charge on any atom is -0.456 e. The first-order valence-electron chi connectivity index (χ1n) is 8.03. The Bertz CT molecular complexity index is 1230. The molecule has 0 unspecified atom stereocenters. The number of nitrogens with zero attached hydrogens (tertiary/aromatic N) is 2. The van der Waals surface area contributed by atoms with Crippen molar-refractivity contribution >= 4 is 15.9 Å². The van der Waals surface area contributed by atoms with E-state index in [1.165, 1.54) is 12.1 Å². The quantitative estimate of drug-likeness (QED) is 0.625. The Balaban J connectivity index is 2.20. The van der Waals surface area contributed by atoms with Crippen LogP contribution < -0.4 is 16.0 Å². The third-order valence-corrected chi connectivity index (χ3v) is 4.60. The van der Waals surface area contributed by atoms with E-state index in [2.05, 4.69) is 15.9 Å². The molecule has 0 bridgehead atoms. The summed E-state index contributed by atoms with van der Waals surface area (Å²) in [5.41, 5.74) is -3.13. The molecule has 0 saturated carbocycles. The Morgan fingerprint density at radius 1 is 1.14 bits per heavy atom. The molecule has 3 aromatic rings. The van der Waals surface area contributed by atoms with Gasteiger partial charge in [-0.25, -0.2) is 9.36 Å². The van der Waals surface area contributed by atoms with Crippen molar-refractivity contribution in [2.45, 2.75) is 13.1 Å². The maximum atomic E-state index is 12.8. The number of hydrogen-bond donors (Lipinski definition) is 1. The molecule has 1 N–H and O–H groups in total. The second-order valence-electron chi connectivity index (χ2n) is 5.94. The summed E-state index contributed by atoms with van der Waals surface area (Å²) in [5, 5.41) is 9.37. The van der Waals surface area contributed by atoms with E-state index in [1.807, 2.05) is 6.07 Å². The van der Waals surface area contributed by atoms with E-state index in [9.17, 15) is 28.0 Å². The molecule has 0 aliphatic heterocycles. The number of rotatable bonds is 3. The van der Waals surface area contributed by atoms with Crippen LogP contribution in [0, 0.1) is 18.3 Å². The number of hydrogen-bond acceptors (Lipinski definition) is 4. The Kier molecular flexibility index (Phi) is 5.35. The summed E-state index contributed by atoms with van der Waals surface area (Å²) >= 11 is 3.14. The minimum atomic E-state index is -4.88. The lowest BCUT2D eigenvalue weighted by Crippen LogP contribution is -2.36. The van der Waals surface area contributed by atoms with Crippen LogP contribution in [0.3, 0.4) is 0 Å². The fourth-order valence-corrected chi connectivity index (χ4v) is 3.07. The summed E-state index contributed by atoms with van der Waals surface area (Å²) < 4.78 is 44.9. The van der Waals surface area contributed by atoms with Gasteiger partial charge in [0.1, 0.15) is 23.3 Å². The topological polar surface area (TPSA) is 87.9 Å². The molecule has 0 fully saturated rings. The van der Waals surface area contributed by atoms with Gasteiger partial charge in [0.05, 0.1) is 11.3 Å². The van der Waals surface area contributed by atoms with Crippen molar-refractivity contribution in [2.75, 3.05) is 0 Å². The Morgan fingerprint density at radius 3 is 2.41 bits per heavy atom. The first-order valence-corrected chi connectivity index (χ1v) is 8.82. The smallest absolute Gasteiger partial charge is 0.431 e. The molecule has 3 rings (SSSR count). The average Bonchev–Trinajstić information content (AvgIpc) is 2.64. The number of aromatic amines is 1. The van der Waals surface area contributed by atoms with Gasteiger partial charge in [0.25, 0.3) is 5.56 Å². The number of alkyl halides is 3. The van der Waals surface area contributed by atoms with Crippen molar-refractivity contribution < 1.29 is 17.9 Å². The van der Waals surface area contributed by atoms with Crippen LogP contribution in [0.2, 0.25) is 0 Å². The molecule has 10 heteroatoms. The summed E-state index contributed by atoms with van der Waals surface area (Å²) in [4.78, 5) is 26.1. The van der Waals surface area contributed by atoms with Gasteiger partial charge in [0.15, 0.2) is 0 Å². The van der Waals surface area contributed by atoms with E-state index >= 15 is 0 Å². The number of H-pyrrole nitrogens is 1. The number of benzene rings is 2. The number of ether oxygens (including phenoxy) is 1. The lowest BCUT2D eigenvalue weighted by atomic mass is 10.2. The van der Waals surface area contributed by atoms with Gasteiger partial charge >= 0.3 is 11.9 Å². The highest BCUT2D eigenvalue weighted by molar-refractivity contribution is 9.10. The van der Waals surface area contributed by atoms with Gasteiger partial charge in [0.2, 0.25) is 0 Å². The minimum absolute atomic E-state index is 0.0335. The van der Waals surface area contributed by atoms with Crippen molar-refractivity contribution in [3.05, 3.63) is 84.6 Å². The number of para-hydroxylation sites is 1. The molecule has 6 nitrogen and oxygen atoms in total. The number of nitriles is 1. The monoisotopic (exact) mass is 465 g/mol. The van der Waals surface area contributed by atoms with E-state index in [0.717, 1.165) is 5.56 Å². The number of aryl methyl sites for hydroxylation is 1. The van der Waals surface area contributed by atoms with E-state index in [-0.39, 0.29) is 27.5 Å². The average molecular weight is 466 g/mol. The van der Waals surface area contributed by atoms with Crippen LogP contribution in [0.4, 0.5) is 13.2 Å². The Morgan fingerprint density at radius 2 is 1.83 bits per heavy atom. The zero-order valence-corrected chi connectivity index (χ0v) is 16.3. The SMILES string of the molecule is Cc1ccccc1Oc1cc(-n2c(=O)cc(C(F)(F)F)[nH]c2=O)c(Br)cc1C#N. The largest absolute Gasteiger partial charge is 0.456 e. The van der Waals surface area contributed by atoms with Gasteiger partial charge in [-0.2, -0.15) is 18.4 Å². The molecule has 148 valence electrons. The molecular formula is C19H11BrF3N3O3. The van der Waals surface area contributed by atoms with Crippen LogP contribution >= 0.6 is 15.9 Å². The standard InChI is InChI=1S/C19H11BrF3N3O3/c1-10-4-2-3-5-14(10)29-15-7-13(12(20)6-11(15)9-24)26-17(27)8-16(19(21,22)23)25-18(26)28/h2-8H,1H3,(H,25,28). The van der Waals surface area contributed by atoms with Crippen molar-refractivity contribution in [1.82, 2.24) is 9.55 Å². The predicted molar refractivity (Wildman–Crippen MR) is 101 cm³/mol. The Labute approximate surface area is 169 Å². The zero-order valence-electron chi connectivity index (χ0n) is 14.7. The fourth-order valence-electron chi connectivity index (χ4n) is 2.55. The van der Waals surface area contributed by atoms with E-state index in [4.69, 9.17) is 4.74 Å². The summed E-state index contributed by atoms with van der Waals surface area (Å²) in [6.07, 6.45) is -4.88. The van der Waals surface area contributed by atoms with Crippen LogP contribution in [0.25, 0.3) is 5.69 Å². The molecule has 0 radical (unpaired) electrons. The second kappa shape index (κ2) is 7.60. The Hall–Kier alpha value is -3.32. The van der Waals surface area contributed by atoms with Crippen molar-refractivity contribution in [1.29, 1.82) is 5.26 Å². The van der Waals surface area contributed by atoms with Gasteiger partial charge in [-0.15, -0.1) is 0 Å². The van der Waals surface area contributed by atoms with Crippen molar-refractivity contribution in [3.63, 3.8) is 0 Å². The van der Waals surface area contributed by atoms with Crippen molar-refractivity contribution in [2.24, 2.45) is 0 Å². The fraction of sp³-hybridized carbons (Fsp3) is 0.105. The molecule has 0 atom stereocenters. The summed E-state index contributed by atoms with van der Waals surface area (Å²) in [6, 6.07) is 11.7. The molecular weight excluding hydrogens is 455 g/mol. The van der Waals surface area contributed by atoms with Crippen LogP contribution in [0.5, 0.6) is 11.5 Å². The first-order chi connectivity index (χ1) is 13.6. The molecule has 0 spiro atoms. The molecule has 0 amide bonds. The maximum Gasteiger partial charge on any atom is 0.431 e. The van der Waals surface area contributed by atoms with E-state index in [0.29, 0.717) is 10.3 Å². The highest BCUT2D eigenvalue weighted by atomic mass is 79.9. The molecule has 1 aromatic heterocycles. The number of halogens is 4. The van der Waals surface area contributed by atoms with Crippen LogP contribution in [0.1, 0.15) is 16.8 Å². The third-order valence-electron chi connectivity index (χ3n) is 3.96. The van der Waals surface area contributed by atoms with Crippen molar-refractivity contribution in [3.8, 4) is 23.3 Å². The van der Waals surface area contributed by atoms with E-state index in [1.54, 1.807) is 36.2 Å². The zero-order chi connectivity index (χ0) is 21.3. The summed E-state index contributed by atoms with van der Waals surface area (Å²) in [5.74, 6) is 0.470. The second-order valence-corrected chi connectivity index (χ2v) is 6.79. The maximum absolute atomic E-state index is 12.8. The first kappa shape index (κ1) is 20.4. The lowest BCUT2D eigenvalue weighted by Gasteiger charge is -2.14. The normalized spacial score (nSPS) is 11.2. The third kappa shape index (κ3) is 4.09. The van der Waals surface area contributed by atoms with E-state index < -0.39 is 23.1 Å². The molecule has 0 saturated heterocycles. The van der Waals surface area contributed by atoms with Gasteiger partial charge in [-0.3, -0.25) is 4.79 Å². The highest BCUT2D eigenvalue weighted by Gasteiger charge is 2.33. The van der Waals surface area contributed by atoms with Gasteiger partial charge in [-0.05, 0) is 40.5 Å². The summed E-state index contributed by atoms with van der Waals surface area (Å²) in [7, 11) is 0. The highest BCUT2D eigenvalue weighted by Crippen LogP contribution is 2.33. The molecule has 0 aliphatic carbocycles. The van der Waals surface area contributed by atoms with Gasteiger partial charge in [0, 0.05) is 16.6 Å². The van der Waals surface area contributed by atoms with Crippen LogP contribution in [0.15, 0.2) is 56.5 Å².